The molecular weight excluding hydrogens is 307 g/mol. The van der Waals surface area contributed by atoms with Crippen molar-refractivity contribution in [2.45, 2.75) is 19.1 Å². The summed E-state index contributed by atoms with van der Waals surface area (Å²) >= 11 is 3.15. The van der Waals surface area contributed by atoms with Crippen molar-refractivity contribution in [1.82, 2.24) is 10.3 Å². The van der Waals surface area contributed by atoms with Gasteiger partial charge in [0.2, 0.25) is 5.91 Å². The van der Waals surface area contributed by atoms with Crippen molar-refractivity contribution < 1.29 is 9.18 Å². The fourth-order valence-corrected chi connectivity index (χ4v) is 3.23. The number of thiazole rings is 1. The number of amides is 1. The van der Waals surface area contributed by atoms with Crippen LogP contribution in [0.3, 0.4) is 0 Å². The van der Waals surface area contributed by atoms with Gasteiger partial charge in [0.15, 0.2) is 0 Å². The number of thioether (sulfide) groups is 1. The molecule has 0 atom stereocenters. The van der Waals surface area contributed by atoms with Gasteiger partial charge >= 0.3 is 0 Å². The summed E-state index contributed by atoms with van der Waals surface area (Å²) < 4.78 is 13.4. The summed E-state index contributed by atoms with van der Waals surface area (Å²) in [5.74, 6) is 1.18. The molecule has 1 heterocycles. The molecule has 6 heteroatoms. The predicted octanol–water partition coefficient (Wildman–Crippen LogP) is 3.18. The molecular formula is C15H17FN2OS2. The van der Waals surface area contributed by atoms with E-state index in [1.807, 2.05) is 18.4 Å². The number of rotatable bonds is 7. The number of carbonyl (C=O) groups is 1. The van der Waals surface area contributed by atoms with Gasteiger partial charge in [-0.05, 0) is 18.6 Å². The van der Waals surface area contributed by atoms with E-state index in [9.17, 15) is 9.18 Å². The Hall–Kier alpha value is -1.40. The zero-order valence-corrected chi connectivity index (χ0v) is 13.4. The van der Waals surface area contributed by atoms with Crippen molar-refractivity contribution >= 4 is 29.0 Å². The molecule has 2 rings (SSSR count). The monoisotopic (exact) mass is 324 g/mol. The van der Waals surface area contributed by atoms with Crippen molar-refractivity contribution in [3.63, 3.8) is 0 Å². The lowest BCUT2D eigenvalue weighted by molar-refractivity contribution is -0.120. The van der Waals surface area contributed by atoms with Gasteiger partial charge in [0.25, 0.3) is 0 Å². The van der Waals surface area contributed by atoms with E-state index < -0.39 is 0 Å². The van der Waals surface area contributed by atoms with Crippen molar-refractivity contribution in [3.8, 4) is 0 Å². The minimum absolute atomic E-state index is 0.0215. The van der Waals surface area contributed by atoms with Gasteiger partial charge in [0.05, 0.1) is 17.1 Å². The fourth-order valence-electron chi connectivity index (χ4n) is 1.78. The molecule has 1 aromatic heterocycles. The molecule has 1 amide bonds. The van der Waals surface area contributed by atoms with Crippen LogP contribution in [0, 0.1) is 12.7 Å². The van der Waals surface area contributed by atoms with Crippen molar-refractivity contribution in [2.75, 3.05) is 12.3 Å². The Bertz CT molecular complexity index is 601. The van der Waals surface area contributed by atoms with E-state index in [0.29, 0.717) is 24.3 Å². The summed E-state index contributed by atoms with van der Waals surface area (Å²) in [4.78, 5) is 15.9. The normalized spacial score (nSPS) is 10.6. The second kappa shape index (κ2) is 8.14. The van der Waals surface area contributed by atoms with Crippen LogP contribution in [0.4, 0.5) is 4.39 Å². The molecule has 0 saturated carbocycles. The van der Waals surface area contributed by atoms with Gasteiger partial charge in [0.1, 0.15) is 5.82 Å². The molecule has 0 bridgehead atoms. The first-order chi connectivity index (χ1) is 10.1. The number of carbonyl (C=O) groups excluding carboxylic acids is 1. The molecule has 0 aliphatic heterocycles. The van der Waals surface area contributed by atoms with Crippen molar-refractivity contribution in [3.05, 3.63) is 51.7 Å². The zero-order valence-electron chi connectivity index (χ0n) is 11.8. The number of halogens is 1. The first kappa shape index (κ1) is 16.0. The largest absolute Gasteiger partial charge is 0.355 e. The maximum atomic E-state index is 13.4. The van der Waals surface area contributed by atoms with Crippen LogP contribution in [0.15, 0.2) is 29.6 Å². The third kappa shape index (κ3) is 5.47. The minimum atomic E-state index is -0.173. The van der Waals surface area contributed by atoms with Crippen LogP contribution >= 0.6 is 23.1 Å². The van der Waals surface area contributed by atoms with Crippen LogP contribution < -0.4 is 5.32 Å². The SMILES string of the molecule is Cc1nc(CC(=O)NCCSCc2ccccc2F)cs1. The Labute approximate surface area is 132 Å². The van der Waals surface area contributed by atoms with Crippen LogP contribution in [-0.4, -0.2) is 23.2 Å². The van der Waals surface area contributed by atoms with Crippen LogP contribution in [0.25, 0.3) is 0 Å². The number of aromatic nitrogens is 1. The molecule has 3 nitrogen and oxygen atoms in total. The van der Waals surface area contributed by atoms with E-state index in [1.165, 1.54) is 6.07 Å². The van der Waals surface area contributed by atoms with E-state index in [1.54, 1.807) is 35.2 Å². The van der Waals surface area contributed by atoms with Gasteiger partial charge in [-0.2, -0.15) is 11.8 Å². The molecule has 0 radical (unpaired) electrons. The maximum Gasteiger partial charge on any atom is 0.226 e. The van der Waals surface area contributed by atoms with Gasteiger partial charge < -0.3 is 5.32 Å². The van der Waals surface area contributed by atoms with Crippen molar-refractivity contribution in [1.29, 1.82) is 0 Å². The van der Waals surface area contributed by atoms with Crippen LogP contribution in [0.1, 0.15) is 16.3 Å². The second-order valence-electron chi connectivity index (χ2n) is 4.53. The summed E-state index contributed by atoms with van der Waals surface area (Å²) in [6.07, 6.45) is 0.322. The first-order valence-corrected chi connectivity index (χ1v) is 8.67. The number of nitrogens with zero attached hydrogens (tertiary/aromatic N) is 1. The molecule has 0 unspecified atom stereocenters. The maximum absolute atomic E-state index is 13.4. The molecule has 0 aliphatic rings. The predicted molar refractivity (Wildman–Crippen MR) is 86.1 cm³/mol. The van der Waals surface area contributed by atoms with Crippen LogP contribution in [0.2, 0.25) is 0 Å². The smallest absolute Gasteiger partial charge is 0.226 e. The average molecular weight is 324 g/mol. The number of hydrogen-bond acceptors (Lipinski definition) is 4. The Morgan fingerprint density at radius 3 is 2.95 bits per heavy atom. The van der Waals surface area contributed by atoms with E-state index in [4.69, 9.17) is 0 Å². The number of aryl methyl sites for hydroxylation is 1. The third-order valence-electron chi connectivity index (χ3n) is 2.79. The topological polar surface area (TPSA) is 42.0 Å². The second-order valence-corrected chi connectivity index (χ2v) is 6.70. The molecule has 1 aromatic carbocycles. The van der Waals surface area contributed by atoms with E-state index in [-0.39, 0.29) is 11.7 Å². The van der Waals surface area contributed by atoms with Gasteiger partial charge in [-0.25, -0.2) is 9.37 Å². The lowest BCUT2D eigenvalue weighted by atomic mass is 10.2. The van der Waals surface area contributed by atoms with Crippen molar-refractivity contribution in [2.24, 2.45) is 0 Å². The summed E-state index contributed by atoms with van der Waals surface area (Å²) in [6.45, 7) is 2.51. The van der Waals surface area contributed by atoms with Crippen LogP contribution in [-0.2, 0) is 17.0 Å². The van der Waals surface area contributed by atoms with E-state index in [0.717, 1.165) is 16.5 Å². The molecule has 2 aromatic rings. The highest BCUT2D eigenvalue weighted by atomic mass is 32.2. The summed E-state index contributed by atoms with van der Waals surface area (Å²) in [6, 6.07) is 6.76. The zero-order chi connectivity index (χ0) is 15.1. The molecule has 0 fully saturated rings. The van der Waals surface area contributed by atoms with Gasteiger partial charge in [-0.3, -0.25) is 4.79 Å². The lowest BCUT2D eigenvalue weighted by Crippen LogP contribution is -2.27. The Balaban J connectivity index is 1.61. The quantitative estimate of drug-likeness (QED) is 0.795. The Kier molecular flexibility index (Phi) is 6.20. The Morgan fingerprint density at radius 2 is 2.24 bits per heavy atom. The Morgan fingerprint density at radius 1 is 1.43 bits per heavy atom. The minimum Gasteiger partial charge on any atom is -0.355 e. The summed E-state index contributed by atoms with van der Waals surface area (Å²) in [5.41, 5.74) is 1.51. The van der Waals surface area contributed by atoms with Gasteiger partial charge in [-0.1, -0.05) is 18.2 Å². The fraction of sp³-hybridized carbons (Fsp3) is 0.333. The molecule has 21 heavy (non-hydrogen) atoms. The molecule has 1 N–H and O–H groups in total. The first-order valence-electron chi connectivity index (χ1n) is 6.64. The number of nitrogens with one attached hydrogen (secondary N) is 1. The van der Waals surface area contributed by atoms with Crippen LogP contribution in [0.5, 0.6) is 0 Å². The van der Waals surface area contributed by atoms with E-state index >= 15 is 0 Å². The molecule has 112 valence electrons. The molecule has 0 aliphatic carbocycles. The van der Waals surface area contributed by atoms with Gasteiger partial charge in [-0.15, -0.1) is 11.3 Å². The number of hydrogen-bond donors (Lipinski definition) is 1. The highest BCUT2D eigenvalue weighted by Crippen LogP contribution is 2.14. The van der Waals surface area contributed by atoms with E-state index in [2.05, 4.69) is 10.3 Å². The van der Waals surface area contributed by atoms with Gasteiger partial charge in [0, 0.05) is 23.4 Å². The molecule has 0 saturated heterocycles. The highest BCUT2D eigenvalue weighted by Gasteiger charge is 2.06. The highest BCUT2D eigenvalue weighted by molar-refractivity contribution is 7.98. The lowest BCUT2D eigenvalue weighted by Gasteiger charge is -2.05. The summed E-state index contributed by atoms with van der Waals surface area (Å²) in [7, 11) is 0. The molecule has 0 spiro atoms. The summed E-state index contributed by atoms with van der Waals surface area (Å²) in [5, 5.41) is 5.73. The number of benzene rings is 1. The average Bonchev–Trinajstić information content (AvgIpc) is 2.85. The standard InChI is InChI=1S/C15H17FN2OS2/c1-11-18-13(10-21-11)8-15(19)17-6-7-20-9-12-4-2-3-5-14(12)16/h2-5,10H,6-9H2,1H3,(H,17,19). The third-order valence-corrected chi connectivity index (χ3v) is 4.62.